The zero-order valence-electron chi connectivity index (χ0n) is 8.43. The number of hydrogen-bond acceptors (Lipinski definition) is 2. The summed E-state index contributed by atoms with van der Waals surface area (Å²) in [5.74, 6) is 0. The lowest BCUT2D eigenvalue weighted by Crippen LogP contribution is -2.07. The van der Waals surface area contributed by atoms with Crippen LogP contribution < -0.4 is 0 Å². The van der Waals surface area contributed by atoms with Gasteiger partial charge in [-0.2, -0.15) is 0 Å². The second-order valence-electron chi connectivity index (χ2n) is 3.88. The predicted octanol–water partition coefficient (Wildman–Crippen LogP) is 2.37. The van der Waals surface area contributed by atoms with Gasteiger partial charge in [0, 0.05) is 13.7 Å². The Morgan fingerprint density at radius 2 is 2.00 bits per heavy atom. The summed E-state index contributed by atoms with van der Waals surface area (Å²) in [6, 6.07) is 0. The third-order valence-electron chi connectivity index (χ3n) is 2.77. The summed E-state index contributed by atoms with van der Waals surface area (Å²) < 4.78 is 10.5. The molecule has 0 radical (unpaired) electrons. The second-order valence-corrected chi connectivity index (χ2v) is 3.88. The highest BCUT2D eigenvalue weighted by Crippen LogP contribution is 2.39. The molecule has 1 aliphatic heterocycles. The van der Waals surface area contributed by atoms with Gasteiger partial charge in [-0.25, -0.2) is 0 Å². The summed E-state index contributed by atoms with van der Waals surface area (Å²) in [6.07, 6.45) is 5.41. The minimum absolute atomic E-state index is 0.215. The average Bonchev–Trinajstić information content (AvgIpc) is 2.60. The maximum Gasteiger partial charge on any atom is 0.0917 e. The second kappa shape index (κ2) is 4.24. The highest BCUT2D eigenvalue weighted by atomic mass is 16.6. The third kappa shape index (κ3) is 2.76. The van der Waals surface area contributed by atoms with Crippen molar-refractivity contribution < 1.29 is 9.47 Å². The Balaban J connectivity index is 1.90. The van der Waals surface area contributed by atoms with E-state index < -0.39 is 0 Å². The van der Waals surface area contributed by atoms with E-state index in [4.69, 9.17) is 9.47 Å². The van der Waals surface area contributed by atoms with Gasteiger partial charge in [-0.3, -0.25) is 0 Å². The maximum absolute atomic E-state index is 5.48. The molecule has 0 spiro atoms. The van der Waals surface area contributed by atoms with Gasteiger partial charge in [-0.05, 0) is 26.7 Å². The monoisotopic (exact) mass is 172 g/mol. The first-order valence-corrected chi connectivity index (χ1v) is 4.86. The van der Waals surface area contributed by atoms with Crippen molar-refractivity contribution in [2.75, 3.05) is 13.7 Å². The molecule has 12 heavy (non-hydrogen) atoms. The molecule has 2 unspecified atom stereocenters. The van der Waals surface area contributed by atoms with Crippen LogP contribution >= 0.6 is 0 Å². The molecule has 0 N–H and O–H groups in total. The number of hydrogen-bond donors (Lipinski definition) is 0. The van der Waals surface area contributed by atoms with Crippen LogP contribution in [0.15, 0.2) is 0 Å². The van der Waals surface area contributed by atoms with Crippen molar-refractivity contribution in [3.63, 3.8) is 0 Å². The van der Waals surface area contributed by atoms with E-state index in [1.165, 1.54) is 25.7 Å². The molecule has 2 nitrogen and oxygen atoms in total. The molecule has 2 heteroatoms. The largest absolute Gasteiger partial charge is 0.385 e. The van der Waals surface area contributed by atoms with E-state index in [1.54, 1.807) is 7.11 Å². The summed E-state index contributed by atoms with van der Waals surface area (Å²) in [6.45, 7) is 5.25. The number of unbranched alkanes of at least 4 members (excludes halogenated alkanes) is 2. The molecule has 0 bridgehead atoms. The zero-order chi connectivity index (χ0) is 9.03. The molecule has 72 valence electrons. The number of ether oxygens (including phenoxy) is 2. The summed E-state index contributed by atoms with van der Waals surface area (Å²) >= 11 is 0. The van der Waals surface area contributed by atoms with Crippen LogP contribution in [0.1, 0.15) is 39.5 Å². The number of epoxide rings is 1. The van der Waals surface area contributed by atoms with Gasteiger partial charge < -0.3 is 9.47 Å². The van der Waals surface area contributed by atoms with Crippen LogP contribution in [0.2, 0.25) is 0 Å². The van der Waals surface area contributed by atoms with Crippen LogP contribution in [-0.4, -0.2) is 25.4 Å². The molecule has 0 amide bonds. The smallest absolute Gasteiger partial charge is 0.0917 e. The van der Waals surface area contributed by atoms with Crippen LogP contribution in [0.5, 0.6) is 0 Å². The van der Waals surface area contributed by atoms with Gasteiger partial charge in [0.2, 0.25) is 0 Å². The van der Waals surface area contributed by atoms with Gasteiger partial charge in [-0.15, -0.1) is 0 Å². The van der Waals surface area contributed by atoms with Crippen molar-refractivity contribution in [1.82, 2.24) is 0 Å². The van der Waals surface area contributed by atoms with E-state index in [0.29, 0.717) is 6.10 Å². The van der Waals surface area contributed by atoms with E-state index in [1.807, 2.05) is 0 Å². The van der Waals surface area contributed by atoms with Crippen molar-refractivity contribution in [3.8, 4) is 0 Å². The van der Waals surface area contributed by atoms with E-state index in [0.717, 1.165) is 6.61 Å². The van der Waals surface area contributed by atoms with E-state index in [9.17, 15) is 0 Å². The van der Waals surface area contributed by atoms with Crippen LogP contribution in [0.3, 0.4) is 0 Å². The lowest BCUT2D eigenvalue weighted by atomic mass is 10.0. The predicted molar refractivity (Wildman–Crippen MR) is 49.3 cm³/mol. The van der Waals surface area contributed by atoms with Gasteiger partial charge in [0.05, 0.1) is 11.7 Å². The third-order valence-corrected chi connectivity index (χ3v) is 2.77. The fraction of sp³-hybridized carbons (Fsp3) is 1.00. The molecular weight excluding hydrogens is 152 g/mol. The van der Waals surface area contributed by atoms with E-state index in [2.05, 4.69) is 13.8 Å². The van der Waals surface area contributed by atoms with Crippen LogP contribution in [-0.2, 0) is 9.47 Å². The Kier molecular flexibility index (Phi) is 3.53. The molecule has 0 aromatic rings. The Labute approximate surface area is 75.2 Å². The van der Waals surface area contributed by atoms with Crippen LogP contribution in [0.25, 0.3) is 0 Å². The van der Waals surface area contributed by atoms with Gasteiger partial charge in [0.25, 0.3) is 0 Å². The van der Waals surface area contributed by atoms with Crippen molar-refractivity contribution in [2.24, 2.45) is 0 Å². The van der Waals surface area contributed by atoms with Crippen LogP contribution in [0.4, 0.5) is 0 Å². The van der Waals surface area contributed by atoms with Gasteiger partial charge in [0.15, 0.2) is 0 Å². The first-order valence-electron chi connectivity index (χ1n) is 4.86. The molecule has 1 saturated heterocycles. The molecular formula is C10H20O2. The number of rotatable bonds is 6. The number of methoxy groups -OCH3 is 1. The highest BCUT2D eigenvalue weighted by Gasteiger charge is 2.47. The fourth-order valence-corrected chi connectivity index (χ4v) is 1.53. The summed E-state index contributed by atoms with van der Waals surface area (Å²) in [5, 5.41) is 0. The van der Waals surface area contributed by atoms with Gasteiger partial charge in [-0.1, -0.05) is 12.8 Å². The molecule has 1 aliphatic rings. The van der Waals surface area contributed by atoms with Crippen molar-refractivity contribution in [2.45, 2.75) is 51.2 Å². The van der Waals surface area contributed by atoms with Crippen molar-refractivity contribution >= 4 is 0 Å². The maximum atomic E-state index is 5.48. The van der Waals surface area contributed by atoms with E-state index in [-0.39, 0.29) is 5.60 Å². The van der Waals surface area contributed by atoms with Crippen molar-refractivity contribution in [3.05, 3.63) is 0 Å². The Hall–Kier alpha value is -0.0800. The summed E-state index contributed by atoms with van der Waals surface area (Å²) in [4.78, 5) is 0. The fourth-order valence-electron chi connectivity index (χ4n) is 1.53. The molecule has 2 atom stereocenters. The van der Waals surface area contributed by atoms with Gasteiger partial charge >= 0.3 is 0 Å². The van der Waals surface area contributed by atoms with Gasteiger partial charge in [0.1, 0.15) is 0 Å². The minimum Gasteiger partial charge on any atom is -0.385 e. The summed E-state index contributed by atoms with van der Waals surface area (Å²) in [7, 11) is 1.76. The Bertz CT molecular complexity index is 136. The topological polar surface area (TPSA) is 21.8 Å². The molecule has 0 aromatic carbocycles. The zero-order valence-corrected chi connectivity index (χ0v) is 8.43. The molecule has 0 aliphatic carbocycles. The first-order chi connectivity index (χ1) is 5.69. The average molecular weight is 172 g/mol. The van der Waals surface area contributed by atoms with E-state index >= 15 is 0 Å². The van der Waals surface area contributed by atoms with Crippen LogP contribution in [0, 0.1) is 0 Å². The minimum atomic E-state index is 0.215. The molecule has 0 aromatic heterocycles. The SMILES string of the molecule is COCCCCCC1(C)OC1C. The normalized spacial score (nSPS) is 33.8. The quantitative estimate of drug-likeness (QED) is 0.453. The highest BCUT2D eigenvalue weighted by molar-refractivity contribution is 4.95. The molecule has 1 fully saturated rings. The molecule has 1 heterocycles. The standard InChI is InChI=1S/C10H20O2/c1-9-10(2,12-9)7-5-4-6-8-11-3/h9H,4-8H2,1-3H3. The Morgan fingerprint density at radius 3 is 2.50 bits per heavy atom. The summed E-state index contributed by atoms with van der Waals surface area (Å²) in [5.41, 5.74) is 0.215. The lowest BCUT2D eigenvalue weighted by molar-refractivity contribution is 0.190. The van der Waals surface area contributed by atoms with Crippen molar-refractivity contribution in [1.29, 1.82) is 0 Å². The lowest BCUT2D eigenvalue weighted by Gasteiger charge is -2.04. The molecule has 1 rings (SSSR count). The first kappa shape index (κ1) is 10.0. The molecule has 0 saturated carbocycles. The Morgan fingerprint density at radius 1 is 1.33 bits per heavy atom.